The number of rotatable bonds is 2. The van der Waals surface area contributed by atoms with Crippen LogP contribution < -0.4 is 0 Å². The summed E-state index contributed by atoms with van der Waals surface area (Å²) in [4.78, 5) is 10.6. The van der Waals surface area contributed by atoms with Gasteiger partial charge in [0, 0.05) is 5.56 Å². The molecule has 0 amide bonds. The van der Waals surface area contributed by atoms with Gasteiger partial charge in [-0.25, -0.2) is 8.78 Å². The van der Waals surface area contributed by atoms with Crippen LogP contribution in [0.15, 0.2) is 18.2 Å². The molecule has 1 nitrogen and oxygen atoms in total. The summed E-state index contributed by atoms with van der Waals surface area (Å²) in [5.41, 5.74) is -0.248. The second-order valence-electron chi connectivity index (χ2n) is 2.31. The molecule has 1 atom stereocenters. The predicted molar refractivity (Wildman–Crippen MR) is 45.8 cm³/mol. The van der Waals surface area contributed by atoms with Gasteiger partial charge < -0.3 is 0 Å². The maximum absolute atomic E-state index is 12.9. The number of hydrogen-bond donors (Lipinski definition) is 0. The fourth-order valence-electron chi connectivity index (χ4n) is 0.838. The van der Waals surface area contributed by atoms with Crippen LogP contribution in [0.5, 0.6) is 0 Å². The highest BCUT2D eigenvalue weighted by Crippen LogP contribution is 2.26. The van der Waals surface area contributed by atoms with Gasteiger partial charge in [0.05, 0.1) is 0 Å². The second kappa shape index (κ2) is 4.03. The van der Waals surface area contributed by atoms with Crippen molar-refractivity contribution in [2.24, 2.45) is 0 Å². The molecule has 0 heterocycles. The summed E-state index contributed by atoms with van der Waals surface area (Å²) in [6.45, 7) is 0. The van der Waals surface area contributed by atoms with E-state index in [1.807, 2.05) is 0 Å². The molecule has 1 unspecified atom stereocenters. The molecule has 0 saturated carbocycles. The maximum atomic E-state index is 12.9. The molecule has 0 bridgehead atoms. The van der Waals surface area contributed by atoms with Crippen molar-refractivity contribution >= 4 is 28.4 Å². The van der Waals surface area contributed by atoms with E-state index < -0.39 is 22.3 Å². The van der Waals surface area contributed by atoms with Crippen molar-refractivity contribution in [1.29, 1.82) is 0 Å². The van der Waals surface area contributed by atoms with E-state index in [2.05, 4.69) is 0 Å². The number of carbonyl (C=O) groups excluding carboxylic acids is 1. The van der Waals surface area contributed by atoms with E-state index in [1.165, 1.54) is 12.1 Å². The standard InChI is InChI=1S/C8H4Cl2F2O/c9-6(8(10)13)4-2-1-3-5(11)7(4)12/h1-3,6H. The van der Waals surface area contributed by atoms with Crippen LogP contribution in [-0.4, -0.2) is 5.24 Å². The lowest BCUT2D eigenvalue weighted by Crippen LogP contribution is -2.03. The minimum Gasteiger partial charge on any atom is -0.279 e. The van der Waals surface area contributed by atoms with Gasteiger partial charge in [-0.05, 0) is 17.7 Å². The minimum atomic E-state index is -1.35. The third kappa shape index (κ3) is 2.17. The van der Waals surface area contributed by atoms with Crippen LogP contribution in [0.25, 0.3) is 0 Å². The highest BCUT2D eigenvalue weighted by Gasteiger charge is 2.20. The maximum Gasteiger partial charge on any atom is 0.244 e. The molecule has 1 aromatic rings. The molecule has 0 fully saturated rings. The van der Waals surface area contributed by atoms with E-state index in [9.17, 15) is 13.6 Å². The number of halogens is 4. The third-order valence-corrected chi connectivity index (χ3v) is 2.22. The Kier molecular flexibility index (Phi) is 3.22. The summed E-state index contributed by atoms with van der Waals surface area (Å²) in [6, 6.07) is 3.39. The van der Waals surface area contributed by atoms with E-state index in [0.717, 1.165) is 6.07 Å². The van der Waals surface area contributed by atoms with Crippen LogP contribution in [0.2, 0.25) is 0 Å². The Morgan fingerprint density at radius 3 is 2.54 bits per heavy atom. The third-order valence-electron chi connectivity index (χ3n) is 1.45. The van der Waals surface area contributed by atoms with Gasteiger partial charge in [0.25, 0.3) is 0 Å². The van der Waals surface area contributed by atoms with Gasteiger partial charge in [-0.2, -0.15) is 0 Å². The fraction of sp³-hybridized carbons (Fsp3) is 0.125. The number of alkyl halides is 1. The van der Waals surface area contributed by atoms with E-state index in [4.69, 9.17) is 23.2 Å². The van der Waals surface area contributed by atoms with Crippen molar-refractivity contribution in [3.8, 4) is 0 Å². The quantitative estimate of drug-likeness (QED) is 0.558. The molecule has 70 valence electrons. The van der Waals surface area contributed by atoms with Crippen molar-refractivity contribution in [3.05, 3.63) is 35.4 Å². The van der Waals surface area contributed by atoms with Gasteiger partial charge in [-0.1, -0.05) is 12.1 Å². The smallest absolute Gasteiger partial charge is 0.244 e. The van der Waals surface area contributed by atoms with Gasteiger partial charge in [0.15, 0.2) is 11.6 Å². The topological polar surface area (TPSA) is 17.1 Å². The lowest BCUT2D eigenvalue weighted by molar-refractivity contribution is -0.111. The zero-order valence-electron chi connectivity index (χ0n) is 6.23. The van der Waals surface area contributed by atoms with Crippen molar-refractivity contribution in [2.75, 3.05) is 0 Å². The molecular formula is C8H4Cl2F2O. The second-order valence-corrected chi connectivity index (χ2v) is 3.12. The van der Waals surface area contributed by atoms with Crippen LogP contribution in [0, 0.1) is 11.6 Å². The Hall–Kier alpha value is -0.670. The van der Waals surface area contributed by atoms with Crippen molar-refractivity contribution in [3.63, 3.8) is 0 Å². The first kappa shape index (κ1) is 10.4. The molecule has 0 aliphatic heterocycles. The molecule has 1 rings (SSSR count). The molecular weight excluding hydrogens is 221 g/mol. The first-order valence-corrected chi connectivity index (χ1v) is 4.13. The average Bonchev–Trinajstić information content (AvgIpc) is 2.08. The molecule has 0 aromatic heterocycles. The van der Waals surface area contributed by atoms with E-state index in [1.54, 1.807) is 0 Å². The number of carbonyl (C=O) groups is 1. The van der Waals surface area contributed by atoms with Crippen molar-refractivity contribution in [1.82, 2.24) is 0 Å². The predicted octanol–water partition coefficient (Wildman–Crippen LogP) is 3.01. The lowest BCUT2D eigenvalue weighted by Gasteiger charge is -2.05. The first-order chi connectivity index (χ1) is 6.04. The average molecular weight is 225 g/mol. The molecule has 13 heavy (non-hydrogen) atoms. The van der Waals surface area contributed by atoms with E-state index >= 15 is 0 Å². The lowest BCUT2D eigenvalue weighted by atomic mass is 10.1. The van der Waals surface area contributed by atoms with Gasteiger partial charge in [-0.3, -0.25) is 4.79 Å². The van der Waals surface area contributed by atoms with Gasteiger partial charge >= 0.3 is 0 Å². The Labute approximate surface area is 83.3 Å². The Bertz CT molecular complexity index is 341. The summed E-state index contributed by atoms with van der Waals surface area (Å²) in [5, 5.41) is -2.29. The highest BCUT2D eigenvalue weighted by molar-refractivity contribution is 6.68. The monoisotopic (exact) mass is 224 g/mol. The Balaban J connectivity index is 3.15. The van der Waals surface area contributed by atoms with Gasteiger partial charge in [-0.15, -0.1) is 11.6 Å². The molecule has 0 aliphatic carbocycles. The van der Waals surface area contributed by atoms with Crippen LogP contribution in [0.1, 0.15) is 10.9 Å². The zero-order chi connectivity index (χ0) is 10.0. The molecule has 0 radical (unpaired) electrons. The summed E-state index contributed by atoms with van der Waals surface area (Å²) in [7, 11) is 0. The zero-order valence-corrected chi connectivity index (χ0v) is 7.74. The van der Waals surface area contributed by atoms with Crippen molar-refractivity contribution < 1.29 is 13.6 Å². The highest BCUT2D eigenvalue weighted by atomic mass is 35.5. The normalized spacial score (nSPS) is 12.6. The van der Waals surface area contributed by atoms with Crippen LogP contribution in [0.4, 0.5) is 8.78 Å². The summed E-state index contributed by atoms with van der Waals surface area (Å²) >= 11 is 10.5. The van der Waals surface area contributed by atoms with Gasteiger partial charge in [0.2, 0.25) is 5.24 Å². The van der Waals surface area contributed by atoms with Crippen LogP contribution in [0.3, 0.4) is 0 Å². The molecule has 0 aliphatic rings. The fourth-order valence-corrected chi connectivity index (χ4v) is 1.12. The Morgan fingerprint density at radius 1 is 1.38 bits per heavy atom. The number of hydrogen-bond acceptors (Lipinski definition) is 1. The number of benzene rings is 1. The van der Waals surface area contributed by atoms with Crippen LogP contribution in [-0.2, 0) is 4.79 Å². The first-order valence-electron chi connectivity index (χ1n) is 3.31. The van der Waals surface area contributed by atoms with E-state index in [0.29, 0.717) is 0 Å². The molecule has 5 heteroatoms. The molecule has 1 aromatic carbocycles. The molecule has 0 saturated heterocycles. The van der Waals surface area contributed by atoms with Crippen molar-refractivity contribution in [2.45, 2.75) is 5.38 Å². The Morgan fingerprint density at radius 2 is 2.00 bits per heavy atom. The molecule has 0 spiro atoms. The summed E-state index contributed by atoms with van der Waals surface area (Å²) in [5.74, 6) is -2.20. The van der Waals surface area contributed by atoms with Crippen LogP contribution >= 0.6 is 23.2 Å². The molecule has 0 N–H and O–H groups in total. The summed E-state index contributed by atoms with van der Waals surface area (Å²) < 4.78 is 25.6. The SMILES string of the molecule is O=C(Cl)C(Cl)c1cccc(F)c1F. The van der Waals surface area contributed by atoms with Gasteiger partial charge in [0.1, 0.15) is 5.38 Å². The van der Waals surface area contributed by atoms with E-state index in [-0.39, 0.29) is 5.56 Å². The summed E-state index contributed by atoms with van der Waals surface area (Å²) in [6.07, 6.45) is 0. The minimum absolute atomic E-state index is 0.248. The largest absolute Gasteiger partial charge is 0.279 e.